The highest BCUT2D eigenvalue weighted by Crippen LogP contribution is 2.30. The van der Waals surface area contributed by atoms with Gasteiger partial charge in [-0.1, -0.05) is 0 Å². The number of hydrogen-bond donors (Lipinski definition) is 3. The van der Waals surface area contributed by atoms with E-state index in [2.05, 4.69) is 15.5 Å². The fourth-order valence-electron chi connectivity index (χ4n) is 2.56. The lowest BCUT2D eigenvalue weighted by molar-refractivity contribution is 0.102. The molecule has 1 amide bonds. The van der Waals surface area contributed by atoms with E-state index < -0.39 is 16.1 Å². The number of methoxy groups -OCH3 is 2. The quantitative estimate of drug-likeness (QED) is 0.690. The van der Waals surface area contributed by atoms with E-state index in [9.17, 15) is 13.2 Å². The zero-order valence-electron chi connectivity index (χ0n) is 13.6. The molecule has 2 aromatic rings. The van der Waals surface area contributed by atoms with Gasteiger partial charge in [-0.3, -0.25) is 9.89 Å². The third kappa shape index (κ3) is 3.29. The van der Waals surface area contributed by atoms with Crippen molar-refractivity contribution in [2.24, 2.45) is 5.14 Å². The molecule has 4 N–H and O–H groups in total. The van der Waals surface area contributed by atoms with Crippen molar-refractivity contribution in [1.82, 2.24) is 14.5 Å². The van der Waals surface area contributed by atoms with E-state index >= 15 is 0 Å². The number of carbonyl (C=O) groups is 1. The number of hydrogen-bond acceptors (Lipinski definition) is 6. The Bertz CT molecular complexity index is 924. The number of ether oxygens (including phenoxy) is 2. The molecule has 0 unspecified atom stereocenters. The van der Waals surface area contributed by atoms with Crippen molar-refractivity contribution in [2.75, 3.05) is 19.5 Å². The second kappa shape index (κ2) is 6.35. The first-order valence-corrected chi connectivity index (χ1v) is 8.71. The average molecular weight is 367 g/mol. The normalized spacial score (nSPS) is 14.2. The molecule has 0 fully saturated rings. The molecule has 134 valence electrons. The molecule has 0 saturated carbocycles. The van der Waals surface area contributed by atoms with E-state index in [1.54, 1.807) is 12.1 Å². The predicted molar refractivity (Wildman–Crippen MR) is 88.4 cm³/mol. The van der Waals surface area contributed by atoms with Crippen LogP contribution in [0.5, 0.6) is 11.5 Å². The number of nitrogens with zero attached hydrogens (tertiary/aromatic N) is 2. The van der Waals surface area contributed by atoms with Crippen LogP contribution in [0.2, 0.25) is 0 Å². The summed E-state index contributed by atoms with van der Waals surface area (Å²) < 4.78 is 34.3. The van der Waals surface area contributed by atoms with Crippen LogP contribution < -0.4 is 19.9 Å². The lowest BCUT2D eigenvalue weighted by Gasteiger charge is -2.12. The Kier molecular flexibility index (Phi) is 4.37. The molecule has 0 atom stereocenters. The van der Waals surface area contributed by atoms with Crippen molar-refractivity contribution < 1.29 is 22.7 Å². The Morgan fingerprint density at radius 1 is 1.32 bits per heavy atom. The molecule has 2 heterocycles. The summed E-state index contributed by atoms with van der Waals surface area (Å²) in [6.45, 7) is 0.120. The van der Waals surface area contributed by atoms with Crippen LogP contribution in [0.25, 0.3) is 0 Å². The SMILES string of the molecule is COc1ccc(OC)c(C(=O)Nc2n[nH]c3c2CN(S(N)(=O)=O)C3)c1. The summed E-state index contributed by atoms with van der Waals surface area (Å²) in [6, 6.07) is 4.83. The summed E-state index contributed by atoms with van der Waals surface area (Å²) in [7, 11) is -0.876. The standard InChI is InChI=1S/C14H17N5O5S/c1-23-8-3-4-12(24-2)9(5-8)14(20)16-13-10-6-19(25(15,21)22)7-11(10)17-18-13/h3-5H,6-7H2,1-2H3,(H2,15,21,22)(H2,16,17,18,20). The maximum Gasteiger partial charge on any atom is 0.277 e. The van der Waals surface area contributed by atoms with Gasteiger partial charge in [0.1, 0.15) is 11.5 Å². The number of carbonyl (C=O) groups excluding carboxylic acids is 1. The summed E-state index contributed by atoms with van der Waals surface area (Å²) in [5.41, 5.74) is 1.42. The van der Waals surface area contributed by atoms with Crippen LogP contribution in [0, 0.1) is 0 Å². The molecule has 1 aliphatic rings. The number of nitrogens with two attached hydrogens (primary N) is 1. The molecule has 1 aliphatic heterocycles. The van der Waals surface area contributed by atoms with Crippen LogP contribution >= 0.6 is 0 Å². The fourth-order valence-corrected chi connectivity index (χ4v) is 3.18. The lowest BCUT2D eigenvalue weighted by Crippen LogP contribution is -2.32. The van der Waals surface area contributed by atoms with Gasteiger partial charge in [-0.25, -0.2) is 5.14 Å². The van der Waals surface area contributed by atoms with Gasteiger partial charge in [0.2, 0.25) is 0 Å². The molecule has 0 bridgehead atoms. The number of nitrogens with one attached hydrogen (secondary N) is 2. The molecule has 0 saturated heterocycles. The molecule has 1 aromatic carbocycles. The van der Waals surface area contributed by atoms with Crippen LogP contribution in [0.4, 0.5) is 5.82 Å². The number of H-pyrrole nitrogens is 1. The van der Waals surface area contributed by atoms with E-state index in [-0.39, 0.29) is 24.5 Å². The maximum atomic E-state index is 12.6. The zero-order valence-corrected chi connectivity index (χ0v) is 14.4. The summed E-state index contributed by atoms with van der Waals surface area (Å²) in [5.74, 6) is 0.658. The van der Waals surface area contributed by atoms with Crippen molar-refractivity contribution >= 4 is 21.9 Å². The minimum Gasteiger partial charge on any atom is -0.497 e. The molecule has 3 rings (SSSR count). The van der Waals surface area contributed by atoms with E-state index in [4.69, 9.17) is 14.6 Å². The van der Waals surface area contributed by atoms with Gasteiger partial charge in [-0.2, -0.15) is 17.8 Å². The number of rotatable bonds is 5. The van der Waals surface area contributed by atoms with Crippen molar-refractivity contribution in [3.05, 3.63) is 35.0 Å². The molecular weight excluding hydrogens is 350 g/mol. The first-order valence-electron chi connectivity index (χ1n) is 7.21. The third-order valence-corrected chi connectivity index (χ3v) is 4.84. The van der Waals surface area contributed by atoms with Gasteiger partial charge in [0.15, 0.2) is 5.82 Å². The Balaban J connectivity index is 1.85. The molecule has 10 nitrogen and oxygen atoms in total. The van der Waals surface area contributed by atoms with E-state index in [1.165, 1.54) is 20.3 Å². The summed E-state index contributed by atoms with van der Waals surface area (Å²) in [5, 5.41) is 14.5. The summed E-state index contributed by atoms with van der Waals surface area (Å²) in [6.07, 6.45) is 0. The van der Waals surface area contributed by atoms with Gasteiger partial charge in [-0.05, 0) is 18.2 Å². The van der Waals surface area contributed by atoms with Gasteiger partial charge < -0.3 is 14.8 Å². The Hall–Kier alpha value is -2.63. The van der Waals surface area contributed by atoms with Gasteiger partial charge in [0.25, 0.3) is 16.1 Å². The Morgan fingerprint density at radius 2 is 2.08 bits per heavy atom. The molecule has 11 heteroatoms. The summed E-state index contributed by atoms with van der Waals surface area (Å²) in [4.78, 5) is 12.6. The van der Waals surface area contributed by atoms with Crippen LogP contribution in [0.15, 0.2) is 18.2 Å². The smallest absolute Gasteiger partial charge is 0.277 e. The number of fused-ring (bicyclic) bond motifs is 1. The number of aromatic amines is 1. The van der Waals surface area contributed by atoms with Gasteiger partial charge in [0, 0.05) is 12.1 Å². The zero-order chi connectivity index (χ0) is 18.2. The highest BCUT2D eigenvalue weighted by atomic mass is 32.2. The fraction of sp³-hybridized carbons (Fsp3) is 0.286. The van der Waals surface area contributed by atoms with Crippen molar-refractivity contribution in [3.8, 4) is 11.5 Å². The van der Waals surface area contributed by atoms with Crippen LogP contribution in [0.1, 0.15) is 21.6 Å². The van der Waals surface area contributed by atoms with Crippen molar-refractivity contribution in [3.63, 3.8) is 0 Å². The second-order valence-electron chi connectivity index (χ2n) is 5.36. The minimum atomic E-state index is -3.82. The first kappa shape index (κ1) is 17.2. The Morgan fingerprint density at radius 3 is 2.72 bits per heavy atom. The van der Waals surface area contributed by atoms with Gasteiger partial charge in [-0.15, -0.1) is 0 Å². The first-order chi connectivity index (χ1) is 11.8. The molecule has 0 aliphatic carbocycles. The Labute approximate surface area is 144 Å². The van der Waals surface area contributed by atoms with Crippen molar-refractivity contribution in [2.45, 2.75) is 13.1 Å². The van der Waals surface area contributed by atoms with Crippen LogP contribution in [-0.2, 0) is 23.3 Å². The minimum absolute atomic E-state index is 0.0372. The lowest BCUT2D eigenvalue weighted by atomic mass is 10.1. The number of anilines is 1. The van der Waals surface area contributed by atoms with E-state index in [0.717, 1.165) is 4.31 Å². The molecule has 0 spiro atoms. The number of benzene rings is 1. The van der Waals surface area contributed by atoms with Crippen LogP contribution in [0.3, 0.4) is 0 Å². The van der Waals surface area contributed by atoms with Crippen LogP contribution in [-0.4, -0.2) is 43.0 Å². The predicted octanol–water partition coefficient (Wildman–Crippen LogP) is 0.198. The average Bonchev–Trinajstić information content (AvgIpc) is 3.16. The number of amides is 1. The molecule has 0 radical (unpaired) electrons. The van der Waals surface area contributed by atoms with Crippen molar-refractivity contribution in [1.29, 1.82) is 0 Å². The number of aromatic nitrogens is 2. The molecule has 25 heavy (non-hydrogen) atoms. The summed E-state index contributed by atoms with van der Waals surface area (Å²) >= 11 is 0. The highest BCUT2D eigenvalue weighted by molar-refractivity contribution is 7.86. The highest BCUT2D eigenvalue weighted by Gasteiger charge is 2.31. The monoisotopic (exact) mass is 367 g/mol. The molecular formula is C14H17N5O5S. The van der Waals surface area contributed by atoms with Gasteiger partial charge in [0.05, 0.1) is 32.0 Å². The van der Waals surface area contributed by atoms with Gasteiger partial charge >= 0.3 is 0 Å². The van der Waals surface area contributed by atoms with E-state index in [1.807, 2.05) is 0 Å². The third-order valence-electron chi connectivity index (χ3n) is 3.86. The largest absolute Gasteiger partial charge is 0.497 e. The maximum absolute atomic E-state index is 12.6. The molecule has 1 aromatic heterocycles. The van der Waals surface area contributed by atoms with E-state index in [0.29, 0.717) is 22.8 Å². The second-order valence-corrected chi connectivity index (χ2v) is 6.91. The topological polar surface area (TPSA) is 140 Å².